The minimum Gasteiger partial charge on any atom is -0.497 e. The molecule has 0 aliphatic rings. The number of pyridine rings is 1. The molecule has 3 rings (SSSR count). The second kappa shape index (κ2) is 9.10. The topological polar surface area (TPSA) is 72.5 Å². The van der Waals surface area contributed by atoms with E-state index in [4.69, 9.17) is 21.1 Å². The summed E-state index contributed by atoms with van der Waals surface area (Å²) in [5.41, 5.74) is 2.06. The quantitative estimate of drug-likeness (QED) is 0.617. The van der Waals surface area contributed by atoms with E-state index < -0.39 is 0 Å². The van der Waals surface area contributed by atoms with Gasteiger partial charge in [0, 0.05) is 23.8 Å². The standard InChI is InChI=1S/C21H20ClN3O3/c1-27-16-8-9-18(19(11-16)28-2)25-20-10-7-15(13-23-20)21(26)24-12-14-5-3-4-6-17(14)22/h3-11,13H,12H2,1-2H3,(H,23,25)(H,24,26). The predicted molar refractivity (Wildman–Crippen MR) is 110 cm³/mol. The van der Waals surface area contributed by atoms with Crippen LogP contribution in [0.5, 0.6) is 11.5 Å². The molecule has 7 heteroatoms. The van der Waals surface area contributed by atoms with Crippen molar-refractivity contribution in [3.8, 4) is 11.5 Å². The summed E-state index contributed by atoms with van der Waals surface area (Å²) in [6.07, 6.45) is 1.51. The number of nitrogens with one attached hydrogen (secondary N) is 2. The molecule has 1 amide bonds. The number of nitrogens with zero attached hydrogens (tertiary/aromatic N) is 1. The van der Waals surface area contributed by atoms with E-state index in [0.29, 0.717) is 34.4 Å². The zero-order valence-electron chi connectivity index (χ0n) is 15.5. The largest absolute Gasteiger partial charge is 0.497 e. The number of ether oxygens (including phenoxy) is 2. The highest BCUT2D eigenvalue weighted by Crippen LogP contribution is 2.30. The molecule has 6 nitrogen and oxygen atoms in total. The van der Waals surface area contributed by atoms with Crippen LogP contribution in [0.2, 0.25) is 5.02 Å². The Bertz CT molecular complexity index is 961. The van der Waals surface area contributed by atoms with Crippen molar-refractivity contribution >= 4 is 29.0 Å². The van der Waals surface area contributed by atoms with E-state index in [1.807, 2.05) is 30.3 Å². The molecule has 1 aromatic heterocycles. The Morgan fingerprint density at radius 2 is 1.89 bits per heavy atom. The Kier molecular flexibility index (Phi) is 6.34. The van der Waals surface area contributed by atoms with E-state index in [-0.39, 0.29) is 5.91 Å². The van der Waals surface area contributed by atoms with E-state index >= 15 is 0 Å². The summed E-state index contributed by atoms with van der Waals surface area (Å²) in [5, 5.41) is 6.62. The van der Waals surface area contributed by atoms with Gasteiger partial charge in [-0.05, 0) is 35.9 Å². The van der Waals surface area contributed by atoms with Gasteiger partial charge >= 0.3 is 0 Å². The van der Waals surface area contributed by atoms with Crippen molar-refractivity contribution in [1.82, 2.24) is 10.3 Å². The molecular formula is C21H20ClN3O3. The summed E-state index contributed by atoms with van der Waals surface area (Å²) in [5.74, 6) is 1.69. The van der Waals surface area contributed by atoms with Crippen LogP contribution in [-0.2, 0) is 6.54 Å². The maximum Gasteiger partial charge on any atom is 0.253 e. The molecule has 144 valence electrons. The molecule has 3 aromatic rings. The first kappa shape index (κ1) is 19.5. The van der Waals surface area contributed by atoms with Crippen LogP contribution in [0.15, 0.2) is 60.8 Å². The number of carbonyl (C=O) groups excluding carboxylic acids is 1. The first-order valence-electron chi connectivity index (χ1n) is 8.57. The van der Waals surface area contributed by atoms with Crippen LogP contribution in [0.4, 0.5) is 11.5 Å². The van der Waals surface area contributed by atoms with Gasteiger partial charge in [-0.15, -0.1) is 0 Å². The maximum atomic E-state index is 12.3. The van der Waals surface area contributed by atoms with Crippen LogP contribution in [0.1, 0.15) is 15.9 Å². The highest BCUT2D eigenvalue weighted by atomic mass is 35.5. The Balaban J connectivity index is 1.65. The van der Waals surface area contributed by atoms with Crippen LogP contribution >= 0.6 is 11.6 Å². The average molecular weight is 398 g/mol. The Labute approximate surface area is 168 Å². The Hall–Kier alpha value is -3.25. The predicted octanol–water partition coefficient (Wildman–Crippen LogP) is 4.43. The van der Waals surface area contributed by atoms with E-state index in [1.54, 1.807) is 38.5 Å². The fourth-order valence-corrected chi connectivity index (χ4v) is 2.76. The average Bonchev–Trinajstić information content (AvgIpc) is 2.73. The molecule has 1 heterocycles. The lowest BCUT2D eigenvalue weighted by Gasteiger charge is -2.12. The highest BCUT2D eigenvalue weighted by Gasteiger charge is 2.09. The number of anilines is 2. The van der Waals surface area contributed by atoms with Crippen LogP contribution < -0.4 is 20.1 Å². The lowest BCUT2D eigenvalue weighted by atomic mass is 10.2. The molecule has 0 fully saturated rings. The molecule has 0 aliphatic heterocycles. The first-order chi connectivity index (χ1) is 13.6. The van der Waals surface area contributed by atoms with Gasteiger partial charge in [0.25, 0.3) is 5.91 Å². The number of aromatic nitrogens is 1. The molecule has 0 saturated heterocycles. The smallest absolute Gasteiger partial charge is 0.253 e. The SMILES string of the molecule is COc1ccc(Nc2ccc(C(=O)NCc3ccccc3Cl)cn2)c(OC)c1. The van der Waals surface area contributed by atoms with Crippen molar-refractivity contribution in [2.75, 3.05) is 19.5 Å². The molecule has 0 saturated carbocycles. The lowest BCUT2D eigenvalue weighted by Crippen LogP contribution is -2.23. The minimum atomic E-state index is -0.221. The third kappa shape index (κ3) is 4.72. The number of rotatable bonds is 7. The summed E-state index contributed by atoms with van der Waals surface area (Å²) in [6.45, 7) is 0.349. The molecule has 0 radical (unpaired) electrons. The third-order valence-corrected chi connectivity index (χ3v) is 4.46. The summed E-state index contributed by atoms with van der Waals surface area (Å²) in [6, 6.07) is 16.3. The number of hydrogen-bond acceptors (Lipinski definition) is 5. The fourth-order valence-electron chi connectivity index (χ4n) is 2.56. The van der Waals surface area contributed by atoms with E-state index in [2.05, 4.69) is 15.6 Å². The number of carbonyl (C=O) groups is 1. The van der Waals surface area contributed by atoms with Gasteiger partial charge in [0.05, 0.1) is 25.5 Å². The van der Waals surface area contributed by atoms with E-state index in [0.717, 1.165) is 11.3 Å². The van der Waals surface area contributed by atoms with Gasteiger partial charge < -0.3 is 20.1 Å². The second-order valence-electron chi connectivity index (χ2n) is 5.90. The van der Waals surface area contributed by atoms with Gasteiger partial charge in [-0.1, -0.05) is 29.8 Å². The number of methoxy groups -OCH3 is 2. The molecular weight excluding hydrogens is 378 g/mol. The van der Waals surface area contributed by atoms with Crippen molar-refractivity contribution in [2.24, 2.45) is 0 Å². The van der Waals surface area contributed by atoms with Gasteiger partial charge in [-0.3, -0.25) is 4.79 Å². The molecule has 28 heavy (non-hydrogen) atoms. The van der Waals surface area contributed by atoms with Crippen LogP contribution in [-0.4, -0.2) is 25.1 Å². The van der Waals surface area contributed by atoms with E-state index in [9.17, 15) is 4.79 Å². The van der Waals surface area contributed by atoms with Gasteiger partial charge in [0.15, 0.2) is 0 Å². The molecule has 0 bridgehead atoms. The van der Waals surface area contributed by atoms with Crippen molar-refractivity contribution in [1.29, 1.82) is 0 Å². The van der Waals surface area contributed by atoms with Crippen molar-refractivity contribution in [2.45, 2.75) is 6.54 Å². The maximum absolute atomic E-state index is 12.3. The molecule has 0 atom stereocenters. The zero-order valence-corrected chi connectivity index (χ0v) is 16.3. The molecule has 2 N–H and O–H groups in total. The van der Waals surface area contributed by atoms with Crippen LogP contribution in [0.3, 0.4) is 0 Å². The summed E-state index contributed by atoms with van der Waals surface area (Å²) in [7, 11) is 3.18. The fraction of sp³-hybridized carbons (Fsp3) is 0.143. The molecule has 0 spiro atoms. The number of amides is 1. The van der Waals surface area contributed by atoms with Crippen molar-refractivity contribution in [3.63, 3.8) is 0 Å². The Morgan fingerprint density at radius 1 is 1.07 bits per heavy atom. The second-order valence-corrected chi connectivity index (χ2v) is 6.30. The Morgan fingerprint density at radius 3 is 2.57 bits per heavy atom. The number of benzene rings is 2. The van der Waals surface area contributed by atoms with Crippen molar-refractivity contribution in [3.05, 3.63) is 76.9 Å². The minimum absolute atomic E-state index is 0.221. The first-order valence-corrected chi connectivity index (χ1v) is 8.95. The number of halogens is 1. The highest BCUT2D eigenvalue weighted by molar-refractivity contribution is 6.31. The lowest BCUT2D eigenvalue weighted by molar-refractivity contribution is 0.0950. The molecule has 0 unspecified atom stereocenters. The van der Waals surface area contributed by atoms with Crippen molar-refractivity contribution < 1.29 is 14.3 Å². The van der Waals surface area contributed by atoms with Gasteiger partial charge in [0.1, 0.15) is 17.3 Å². The molecule has 0 aliphatic carbocycles. The van der Waals surface area contributed by atoms with Gasteiger partial charge in [0.2, 0.25) is 0 Å². The van der Waals surface area contributed by atoms with Gasteiger partial charge in [-0.2, -0.15) is 0 Å². The summed E-state index contributed by atoms with van der Waals surface area (Å²) >= 11 is 6.11. The van der Waals surface area contributed by atoms with E-state index in [1.165, 1.54) is 6.20 Å². The third-order valence-electron chi connectivity index (χ3n) is 4.09. The zero-order chi connectivity index (χ0) is 19.9. The van der Waals surface area contributed by atoms with Crippen LogP contribution in [0.25, 0.3) is 0 Å². The van der Waals surface area contributed by atoms with Gasteiger partial charge in [-0.25, -0.2) is 4.98 Å². The normalized spacial score (nSPS) is 10.2. The van der Waals surface area contributed by atoms with Crippen LogP contribution in [0, 0.1) is 0 Å². The number of hydrogen-bond donors (Lipinski definition) is 2. The summed E-state index contributed by atoms with van der Waals surface area (Å²) in [4.78, 5) is 16.6. The molecule has 2 aromatic carbocycles. The monoisotopic (exact) mass is 397 g/mol. The summed E-state index contributed by atoms with van der Waals surface area (Å²) < 4.78 is 10.6.